The molecule has 0 aromatic carbocycles. The summed E-state index contributed by atoms with van der Waals surface area (Å²) in [6, 6.07) is 5.52. The summed E-state index contributed by atoms with van der Waals surface area (Å²) in [6.07, 6.45) is 7.01. The lowest BCUT2D eigenvalue weighted by molar-refractivity contribution is -0.116. The molecule has 0 spiro atoms. The largest absolute Gasteiger partial charge is 0.472 e. The van der Waals surface area contributed by atoms with Gasteiger partial charge in [-0.05, 0) is 37.6 Å². The molecule has 2 rings (SSSR count). The van der Waals surface area contributed by atoms with Crippen molar-refractivity contribution in [3.05, 3.63) is 52.1 Å². The summed E-state index contributed by atoms with van der Waals surface area (Å²) in [7, 11) is 0. The lowest BCUT2D eigenvalue weighted by Gasteiger charge is -1.99. The second-order valence-electron chi connectivity index (χ2n) is 4.25. The number of amides is 1. The molecular weight excluding hydrogens is 274 g/mol. The van der Waals surface area contributed by atoms with Gasteiger partial charge in [-0.15, -0.1) is 11.3 Å². The van der Waals surface area contributed by atoms with Gasteiger partial charge in [0.15, 0.2) is 5.78 Å². The van der Waals surface area contributed by atoms with E-state index in [9.17, 15) is 9.59 Å². The molecule has 2 aromatic rings. The van der Waals surface area contributed by atoms with E-state index in [1.807, 2.05) is 12.1 Å². The Labute approximate surface area is 121 Å². The van der Waals surface area contributed by atoms with Crippen molar-refractivity contribution in [3.63, 3.8) is 0 Å². The molecule has 1 amide bonds. The normalized spacial score (nSPS) is 10.8. The van der Waals surface area contributed by atoms with Gasteiger partial charge in [0.1, 0.15) is 0 Å². The van der Waals surface area contributed by atoms with Gasteiger partial charge in [0.05, 0.1) is 17.4 Å². The maximum absolute atomic E-state index is 11.6. The van der Waals surface area contributed by atoms with Crippen LogP contribution in [0.2, 0.25) is 0 Å². The molecule has 5 heteroatoms. The molecule has 0 bridgehead atoms. The van der Waals surface area contributed by atoms with Crippen molar-refractivity contribution in [3.8, 4) is 0 Å². The number of hydrogen-bond donors (Lipinski definition) is 1. The minimum atomic E-state index is -0.144. The Morgan fingerprint density at radius 1 is 1.35 bits per heavy atom. The Kier molecular flexibility index (Phi) is 4.90. The Morgan fingerprint density at radius 2 is 2.20 bits per heavy atom. The van der Waals surface area contributed by atoms with E-state index in [4.69, 9.17) is 4.42 Å². The number of hydrogen-bond acceptors (Lipinski definition) is 4. The monoisotopic (exact) mass is 289 g/mol. The van der Waals surface area contributed by atoms with E-state index >= 15 is 0 Å². The van der Waals surface area contributed by atoms with Crippen molar-refractivity contribution >= 4 is 29.1 Å². The van der Waals surface area contributed by atoms with Crippen LogP contribution in [0, 0.1) is 0 Å². The highest BCUT2D eigenvalue weighted by molar-refractivity contribution is 7.14. The molecule has 4 nitrogen and oxygen atoms in total. The van der Waals surface area contributed by atoms with Crippen molar-refractivity contribution in [2.75, 3.05) is 6.54 Å². The molecule has 0 aliphatic carbocycles. The van der Waals surface area contributed by atoms with E-state index in [1.165, 1.54) is 17.4 Å². The summed E-state index contributed by atoms with van der Waals surface area (Å²) in [6.45, 7) is 2.10. The highest BCUT2D eigenvalue weighted by Gasteiger charge is 2.04. The van der Waals surface area contributed by atoms with Crippen LogP contribution >= 0.6 is 11.3 Å². The molecule has 1 N–H and O–H groups in total. The molecule has 104 valence electrons. The molecule has 20 heavy (non-hydrogen) atoms. The van der Waals surface area contributed by atoms with E-state index in [0.29, 0.717) is 6.54 Å². The summed E-state index contributed by atoms with van der Waals surface area (Å²) in [5, 5.41) is 2.80. The number of nitrogens with one attached hydrogen (secondary N) is 1. The summed E-state index contributed by atoms with van der Waals surface area (Å²) in [5.41, 5.74) is 0.851. The minimum Gasteiger partial charge on any atom is -0.472 e. The van der Waals surface area contributed by atoms with Crippen molar-refractivity contribution in [1.29, 1.82) is 0 Å². The van der Waals surface area contributed by atoms with Gasteiger partial charge in [0, 0.05) is 23.1 Å². The van der Waals surface area contributed by atoms with Gasteiger partial charge in [-0.1, -0.05) is 0 Å². The Morgan fingerprint density at radius 3 is 2.85 bits per heavy atom. The number of rotatable bonds is 6. The average Bonchev–Trinajstić information content (AvgIpc) is 3.07. The first-order valence-electron chi connectivity index (χ1n) is 6.23. The van der Waals surface area contributed by atoms with Gasteiger partial charge in [-0.2, -0.15) is 0 Å². The van der Waals surface area contributed by atoms with E-state index < -0.39 is 0 Å². The van der Waals surface area contributed by atoms with Gasteiger partial charge in [0.25, 0.3) is 0 Å². The maximum Gasteiger partial charge on any atom is 0.244 e. The van der Waals surface area contributed by atoms with Crippen molar-refractivity contribution in [2.45, 2.75) is 13.3 Å². The Balaban J connectivity index is 1.75. The zero-order valence-corrected chi connectivity index (χ0v) is 11.9. The summed E-state index contributed by atoms with van der Waals surface area (Å²) in [4.78, 5) is 24.6. The lowest BCUT2D eigenvalue weighted by Crippen LogP contribution is -2.23. The molecule has 0 atom stereocenters. The zero-order chi connectivity index (χ0) is 14.4. The second-order valence-corrected chi connectivity index (χ2v) is 5.42. The van der Waals surface area contributed by atoms with Crippen molar-refractivity contribution < 1.29 is 14.0 Å². The quantitative estimate of drug-likeness (QED) is 0.657. The van der Waals surface area contributed by atoms with Gasteiger partial charge in [-0.3, -0.25) is 9.59 Å². The number of ketones is 1. The fraction of sp³-hybridized carbons (Fsp3) is 0.200. The topological polar surface area (TPSA) is 59.3 Å². The third-order valence-electron chi connectivity index (χ3n) is 2.65. The van der Waals surface area contributed by atoms with E-state index in [2.05, 4.69) is 5.32 Å². The SMILES string of the molecule is CC(=O)c1ccc(CCNC(=O)C=Cc2ccoc2)s1. The van der Waals surface area contributed by atoms with Gasteiger partial charge >= 0.3 is 0 Å². The van der Waals surface area contributed by atoms with Gasteiger partial charge in [0.2, 0.25) is 5.91 Å². The smallest absolute Gasteiger partial charge is 0.244 e. The molecule has 0 unspecified atom stereocenters. The predicted octanol–water partition coefficient (Wildman–Crippen LogP) is 2.92. The Hall–Kier alpha value is -2.14. The first kappa shape index (κ1) is 14.3. The molecule has 0 aliphatic heterocycles. The van der Waals surface area contributed by atoms with Crippen LogP contribution in [-0.2, 0) is 11.2 Å². The van der Waals surface area contributed by atoms with Crippen molar-refractivity contribution in [1.82, 2.24) is 5.32 Å². The second kappa shape index (κ2) is 6.86. The van der Waals surface area contributed by atoms with E-state index in [0.717, 1.165) is 21.7 Å². The third kappa shape index (κ3) is 4.20. The molecule has 0 saturated carbocycles. The Bertz CT molecular complexity index is 611. The fourth-order valence-electron chi connectivity index (χ4n) is 1.61. The average molecular weight is 289 g/mol. The molecule has 2 heterocycles. The van der Waals surface area contributed by atoms with Gasteiger partial charge < -0.3 is 9.73 Å². The minimum absolute atomic E-state index is 0.0772. The third-order valence-corrected chi connectivity index (χ3v) is 3.90. The van der Waals surface area contributed by atoms with E-state index in [1.54, 1.807) is 31.6 Å². The molecule has 2 aromatic heterocycles. The predicted molar refractivity (Wildman–Crippen MR) is 78.8 cm³/mol. The van der Waals surface area contributed by atoms with Crippen LogP contribution in [0.15, 0.2) is 41.2 Å². The lowest BCUT2D eigenvalue weighted by atomic mass is 10.3. The molecular formula is C15H15NO3S. The fourth-order valence-corrected chi connectivity index (χ4v) is 2.51. The molecule has 0 aliphatic rings. The highest BCUT2D eigenvalue weighted by Crippen LogP contribution is 2.17. The van der Waals surface area contributed by atoms with Gasteiger partial charge in [-0.25, -0.2) is 0 Å². The molecule has 0 radical (unpaired) electrons. The summed E-state index contributed by atoms with van der Waals surface area (Å²) >= 11 is 1.47. The van der Waals surface area contributed by atoms with Crippen LogP contribution in [0.5, 0.6) is 0 Å². The van der Waals surface area contributed by atoms with Crippen LogP contribution in [0.25, 0.3) is 6.08 Å². The van der Waals surface area contributed by atoms with Crippen LogP contribution in [0.3, 0.4) is 0 Å². The van der Waals surface area contributed by atoms with Crippen LogP contribution in [-0.4, -0.2) is 18.2 Å². The van der Waals surface area contributed by atoms with Crippen LogP contribution in [0.4, 0.5) is 0 Å². The maximum atomic E-state index is 11.6. The number of furan rings is 1. The van der Waals surface area contributed by atoms with Crippen molar-refractivity contribution in [2.24, 2.45) is 0 Å². The van der Waals surface area contributed by atoms with Crippen LogP contribution in [0.1, 0.15) is 27.0 Å². The molecule has 0 fully saturated rings. The standard InChI is InChI=1S/C15H15NO3S/c1-11(17)14-4-3-13(20-14)6-8-16-15(18)5-2-12-7-9-19-10-12/h2-5,7,9-10H,6,8H2,1H3,(H,16,18). The summed E-state index contributed by atoms with van der Waals surface area (Å²) in [5.74, 6) is -0.0668. The van der Waals surface area contributed by atoms with E-state index in [-0.39, 0.29) is 11.7 Å². The first-order valence-corrected chi connectivity index (χ1v) is 7.04. The highest BCUT2D eigenvalue weighted by atomic mass is 32.1. The number of Topliss-reactive ketones (excluding diaryl/α,β-unsaturated/α-hetero) is 1. The number of carbonyl (C=O) groups is 2. The van der Waals surface area contributed by atoms with Crippen LogP contribution < -0.4 is 5.32 Å². The number of carbonyl (C=O) groups excluding carboxylic acids is 2. The summed E-state index contributed by atoms with van der Waals surface area (Å²) < 4.78 is 4.90. The molecule has 0 saturated heterocycles. The zero-order valence-electron chi connectivity index (χ0n) is 11.1. The first-order chi connectivity index (χ1) is 9.65. The number of thiophene rings is 1.